The van der Waals surface area contributed by atoms with E-state index in [0.717, 1.165) is 21.7 Å². The highest BCUT2D eigenvalue weighted by atomic mass is 79.9. The lowest BCUT2D eigenvalue weighted by molar-refractivity contribution is -0.140. The van der Waals surface area contributed by atoms with Crippen LogP contribution in [0.3, 0.4) is 0 Å². The third kappa shape index (κ3) is 8.13. The van der Waals surface area contributed by atoms with Gasteiger partial charge in [0.05, 0.1) is 11.9 Å². The van der Waals surface area contributed by atoms with Crippen molar-refractivity contribution in [3.8, 4) is 0 Å². The molecule has 2 aromatic carbocycles. The van der Waals surface area contributed by atoms with Crippen LogP contribution >= 0.6 is 15.9 Å². The van der Waals surface area contributed by atoms with E-state index in [1.54, 1.807) is 24.3 Å². The summed E-state index contributed by atoms with van der Waals surface area (Å²) in [5, 5.41) is 2.92. The number of carbonyl (C=O) groups is 2. The maximum atomic E-state index is 13.6. The summed E-state index contributed by atoms with van der Waals surface area (Å²) >= 11 is 3.35. The molecule has 0 bridgehead atoms. The van der Waals surface area contributed by atoms with Gasteiger partial charge >= 0.3 is 0 Å². The lowest BCUT2D eigenvalue weighted by Crippen LogP contribution is -2.52. The molecule has 0 aliphatic carbocycles. The van der Waals surface area contributed by atoms with E-state index >= 15 is 0 Å². The Kier molecular flexibility index (Phi) is 10.1. The van der Waals surface area contributed by atoms with E-state index in [0.29, 0.717) is 23.1 Å². The Hall–Kier alpha value is -2.39. The molecule has 2 aromatic rings. The van der Waals surface area contributed by atoms with Crippen LogP contribution < -0.4 is 9.62 Å². The summed E-state index contributed by atoms with van der Waals surface area (Å²) in [6, 6.07) is 13.8. The summed E-state index contributed by atoms with van der Waals surface area (Å²) in [4.78, 5) is 28.1. The minimum absolute atomic E-state index is 0.197. The van der Waals surface area contributed by atoms with E-state index in [9.17, 15) is 18.0 Å². The van der Waals surface area contributed by atoms with Crippen LogP contribution in [0.15, 0.2) is 53.0 Å². The molecule has 9 heteroatoms. The molecular weight excluding hydrogens is 518 g/mol. The normalized spacial score (nSPS) is 12.3. The number of carbonyl (C=O) groups excluding carboxylic acids is 2. The zero-order valence-electron chi connectivity index (χ0n) is 20.4. The summed E-state index contributed by atoms with van der Waals surface area (Å²) in [7, 11) is -3.75. The fourth-order valence-electron chi connectivity index (χ4n) is 3.48. The second kappa shape index (κ2) is 12.4. The van der Waals surface area contributed by atoms with Gasteiger partial charge in [0, 0.05) is 17.6 Å². The first-order chi connectivity index (χ1) is 15.9. The van der Waals surface area contributed by atoms with Crippen LogP contribution in [-0.2, 0) is 26.2 Å². The number of sulfonamides is 1. The molecule has 0 radical (unpaired) electrons. The number of hydrogen-bond acceptors (Lipinski definition) is 4. The van der Waals surface area contributed by atoms with Crippen molar-refractivity contribution < 1.29 is 18.0 Å². The first-order valence-corrected chi connectivity index (χ1v) is 13.9. The van der Waals surface area contributed by atoms with Gasteiger partial charge in [0.2, 0.25) is 21.8 Å². The molecule has 0 aliphatic heterocycles. The molecule has 34 heavy (non-hydrogen) atoms. The van der Waals surface area contributed by atoms with Crippen molar-refractivity contribution in [2.75, 3.05) is 23.7 Å². The van der Waals surface area contributed by atoms with Crippen molar-refractivity contribution in [3.63, 3.8) is 0 Å². The van der Waals surface area contributed by atoms with Gasteiger partial charge in [0.15, 0.2) is 0 Å². The van der Waals surface area contributed by atoms with Gasteiger partial charge in [0.25, 0.3) is 0 Å². The molecule has 0 fully saturated rings. The Bertz CT molecular complexity index is 1090. The predicted octanol–water partition coefficient (Wildman–Crippen LogP) is 4.10. The molecule has 7 nitrogen and oxygen atoms in total. The Morgan fingerprint density at radius 3 is 2.26 bits per heavy atom. The van der Waals surface area contributed by atoms with Crippen LogP contribution in [-0.4, -0.2) is 50.5 Å². The molecule has 1 unspecified atom stereocenters. The minimum atomic E-state index is -3.75. The average Bonchev–Trinajstić information content (AvgIpc) is 2.76. The number of amides is 2. The van der Waals surface area contributed by atoms with Crippen molar-refractivity contribution >= 4 is 43.5 Å². The third-order valence-electron chi connectivity index (χ3n) is 5.32. The monoisotopic (exact) mass is 551 g/mol. The molecular formula is C25H34BrN3O4S. The largest absolute Gasteiger partial charge is 0.354 e. The summed E-state index contributed by atoms with van der Waals surface area (Å²) in [6.07, 6.45) is 1.47. The Morgan fingerprint density at radius 2 is 1.74 bits per heavy atom. The van der Waals surface area contributed by atoms with E-state index in [-0.39, 0.29) is 18.4 Å². The number of nitrogens with zero attached hydrogens (tertiary/aromatic N) is 2. The van der Waals surface area contributed by atoms with E-state index in [1.165, 1.54) is 4.90 Å². The summed E-state index contributed by atoms with van der Waals surface area (Å²) in [5.74, 6) is -0.428. The average molecular weight is 553 g/mol. The standard InChI is InChI=1S/C25H34BrN3O4S/c1-6-23(25(31)27-15-18(2)3)28(16-20-12-10-19(4)11-13-20)24(30)17-29(34(5,32)33)22-9-7-8-21(26)14-22/h7-14,18,23H,6,15-17H2,1-5H3,(H,27,31). The molecule has 2 amide bonds. The second-order valence-corrected chi connectivity index (χ2v) is 11.6. The van der Waals surface area contributed by atoms with Gasteiger partial charge in [-0.3, -0.25) is 13.9 Å². The van der Waals surface area contributed by atoms with Crippen LogP contribution in [0.2, 0.25) is 0 Å². The fourth-order valence-corrected chi connectivity index (χ4v) is 4.71. The molecule has 2 rings (SSSR count). The number of rotatable bonds is 11. The van der Waals surface area contributed by atoms with Gasteiger partial charge in [-0.2, -0.15) is 0 Å². The van der Waals surface area contributed by atoms with E-state index in [2.05, 4.69) is 21.2 Å². The van der Waals surface area contributed by atoms with Gasteiger partial charge in [-0.1, -0.05) is 72.6 Å². The molecule has 1 N–H and O–H groups in total. The summed E-state index contributed by atoms with van der Waals surface area (Å²) < 4.78 is 27.0. The minimum Gasteiger partial charge on any atom is -0.354 e. The zero-order valence-corrected chi connectivity index (χ0v) is 22.8. The van der Waals surface area contributed by atoms with Crippen LogP contribution in [0.4, 0.5) is 5.69 Å². The van der Waals surface area contributed by atoms with Crippen LogP contribution in [0.1, 0.15) is 38.3 Å². The molecule has 0 saturated carbocycles. The van der Waals surface area contributed by atoms with Crippen molar-refractivity contribution in [1.29, 1.82) is 0 Å². The number of halogens is 1. The van der Waals surface area contributed by atoms with Gasteiger partial charge in [-0.25, -0.2) is 8.42 Å². The highest BCUT2D eigenvalue weighted by Gasteiger charge is 2.31. The van der Waals surface area contributed by atoms with Gasteiger partial charge < -0.3 is 10.2 Å². The van der Waals surface area contributed by atoms with Crippen LogP contribution in [0.25, 0.3) is 0 Å². The zero-order chi connectivity index (χ0) is 25.5. The van der Waals surface area contributed by atoms with Crippen LogP contribution in [0, 0.1) is 12.8 Å². The van der Waals surface area contributed by atoms with Gasteiger partial charge in [0.1, 0.15) is 12.6 Å². The first-order valence-electron chi connectivity index (χ1n) is 11.3. The van der Waals surface area contributed by atoms with Crippen LogP contribution in [0.5, 0.6) is 0 Å². The van der Waals surface area contributed by atoms with Crippen molar-refractivity contribution in [1.82, 2.24) is 10.2 Å². The fraction of sp³-hybridized carbons (Fsp3) is 0.440. The maximum absolute atomic E-state index is 13.6. The van der Waals surface area contributed by atoms with Gasteiger partial charge in [-0.05, 0) is 43.0 Å². The molecule has 1 atom stereocenters. The highest BCUT2D eigenvalue weighted by Crippen LogP contribution is 2.23. The van der Waals surface area contributed by atoms with E-state index < -0.39 is 28.5 Å². The predicted molar refractivity (Wildman–Crippen MR) is 140 cm³/mol. The molecule has 0 aliphatic rings. The molecule has 186 valence electrons. The number of aryl methyl sites for hydroxylation is 1. The Balaban J connectivity index is 2.41. The second-order valence-electron chi connectivity index (χ2n) is 8.82. The SMILES string of the molecule is CCC(C(=O)NCC(C)C)N(Cc1ccc(C)cc1)C(=O)CN(c1cccc(Br)c1)S(C)(=O)=O. The number of nitrogens with one attached hydrogen (secondary N) is 1. The quantitative estimate of drug-likeness (QED) is 0.455. The first kappa shape index (κ1) is 27.9. The smallest absolute Gasteiger partial charge is 0.244 e. The van der Waals surface area contributed by atoms with Gasteiger partial charge in [-0.15, -0.1) is 0 Å². The lowest BCUT2D eigenvalue weighted by Gasteiger charge is -2.33. The molecule has 0 saturated heterocycles. The Labute approximate surface area is 211 Å². The molecule has 0 spiro atoms. The summed E-state index contributed by atoms with van der Waals surface area (Å²) in [6.45, 7) is 8.10. The molecule has 0 heterocycles. The topological polar surface area (TPSA) is 86.8 Å². The van der Waals surface area contributed by atoms with E-state index in [4.69, 9.17) is 0 Å². The maximum Gasteiger partial charge on any atom is 0.244 e. The van der Waals surface area contributed by atoms with E-state index in [1.807, 2.05) is 52.0 Å². The number of benzene rings is 2. The van der Waals surface area contributed by atoms with Crippen molar-refractivity contribution in [3.05, 3.63) is 64.1 Å². The third-order valence-corrected chi connectivity index (χ3v) is 6.95. The number of hydrogen-bond donors (Lipinski definition) is 1. The lowest BCUT2D eigenvalue weighted by atomic mass is 10.1. The van der Waals surface area contributed by atoms with Crippen molar-refractivity contribution in [2.45, 2.75) is 46.7 Å². The highest BCUT2D eigenvalue weighted by molar-refractivity contribution is 9.10. The molecule has 0 aromatic heterocycles. The van der Waals surface area contributed by atoms with Crippen molar-refractivity contribution in [2.24, 2.45) is 5.92 Å². The number of anilines is 1. The Morgan fingerprint density at radius 1 is 1.09 bits per heavy atom. The summed E-state index contributed by atoms with van der Waals surface area (Å²) in [5.41, 5.74) is 2.32.